The molecule has 1 aliphatic carbocycles. The minimum absolute atomic E-state index is 0.245. The van der Waals surface area contributed by atoms with Crippen molar-refractivity contribution in [3.05, 3.63) is 47.5 Å². The lowest BCUT2D eigenvalue weighted by Crippen LogP contribution is -2.05. The van der Waals surface area contributed by atoms with Crippen LogP contribution in [0, 0.1) is 5.92 Å². The number of hydrogen-bond acceptors (Lipinski definition) is 1. The Hall–Kier alpha value is -1.58. The molecule has 0 radical (unpaired) electrons. The summed E-state index contributed by atoms with van der Waals surface area (Å²) in [6.45, 7) is 0. The normalized spacial score (nSPS) is 16.4. The van der Waals surface area contributed by atoms with Gasteiger partial charge in [0.15, 0.2) is 5.78 Å². The van der Waals surface area contributed by atoms with E-state index >= 15 is 0 Å². The van der Waals surface area contributed by atoms with E-state index in [0.29, 0.717) is 5.92 Å². The first kappa shape index (κ1) is 11.9. The molecule has 1 aromatic carbocycles. The topological polar surface area (TPSA) is 17.1 Å². The Balaban J connectivity index is 2.09. The van der Waals surface area contributed by atoms with Gasteiger partial charge in [-0.2, -0.15) is 13.2 Å². The molecule has 4 heteroatoms. The van der Waals surface area contributed by atoms with E-state index in [-0.39, 0.29) is 11.3 Å². The molecule has 1 nitrogen and oxygen atoms in total. The number of halogens is 3. The molecule has 0 N–H and O–H groups in total. The lowest BCUT2D eigenvalue weighted by molar-refractivity contribution is -0.137. The Kier molecular flexibility index (Phi) is 3.05. The number of rotatable bonds is 3. The van der Waals surface area contributed by atoms with Crippen LogP contribution in [0.4, 0.5) is 13.2 Å². The average Bonchev–Trinajstić information content (AvgIpc) is 3.09. The summed E-state index contributed by atoms with van der Waals surface area (Å²) in [6, 6.07) is 4.28. The van der Waals surface area contributed by atoms with Gasteiger partial charge in [0.2, 0.25) is 0 Å². The summed E-state index contributed by atoms with van der Waals surface area (Å²) < 4.78 is 36.9. The van der Waals surface area contributed by atoms with Crippen LogP contribution in [0.25, 0.3) is 0 Å². The summed E-state index contributed by atoms with van der Waals surface area (Å²) in [5, 5.41) is 0. The minimum atomic E-state index is -4.36. The molecule has 0 saturated heterocycles. The fourth-order valence-electron chi connectivity index (χ4n) is 1.43. The van der Waals surface area contributed by atoms with Gasteiger partial charge in [-0.1, -0.05) is 18.2 Å². The van der Waals surface area contributed by atoms with Crippen molar-refractivity contribution in [3.63, 3.8) is 0 Å². The highest BCUT2D eigenvalue weighted by molar-refractivity contribution is 6.04. The molecule has 0 spiro atoms. The van der Waals surface area contributed by atoms with Gasteiger partial charge >= 0.3 is 6.18 Å². The standard InChI is InChI=1S/C13H11F3O/c14-13(15,16)11-6-4-10(5-7-11)12(17)8-3-9-1-2-9/h3-9H,1-2H2. The Labute approximate surface area is 96.9 Å². The summed E-state index contributed by atoms with van der Waals surface area (Å²) in [5.41, 5.74) is -0.449. The monoisotopic (exact) mass is 240 g/mol. The zero-order valence-electron chi connectivity index (χ0n) is 9.00. The molecule has 0 bridgehead atoms. The second-order valence-corrected chi connectivity index (χ2v) is 4.14. The number of allylic oxidation sites excluding steroid dienone is 2. The zero-order chi connectivity index (χ0) is 12.5. The molecule has 1 aliphatic rings. The molecule has 1 aromatic rings. The molecule has 0 aliphatic heterocycles. The van der Waals surface area contributed by atoms with Crippen LogP contribution >= 0.6 is 0 Å². The van der Waals surface area contributed by atoms with Crippen molar-refractivity contribution in [3.8, 4) is 0 Å². The first-order valence-electron chi connectivity index (χ1n) is 5.36. The molecule has 0 aromatic heterocycles. The predicted molar refractivity (Wildman–Crippen MR) is 57.6 cm³/mol. The molecule has 90 valence electrons. The van der Waals surface area contributed by atoms with Crippen molar-refractivity contribution in [2.75, 3.05) is 0 Å². The summed E-state index contributed by atoms with van der Waals surface area (Å²) in [5.74, 6) is 0.235. The lowest BCUT2D eigenvalue weighted by Gasteiger charge is -2.06. The molecular weight excluding hydrogens is 229 g/mol. The smallest absolute Gasteiger partial charge is 0.289 e. The molecule has 0 unspecified atom stereocenters. The Morgan fingerprint density at radius 1 is 1.18 bits per heavy atom. The average molecular weight is 240 g/mol. The van der Waals surface area contributed by atoms with E-state index in [1.807, 2.05) is 6.08 Å². The van der Waals surface area contributed by atoms with E-state index in [4.69, 9.17) is 0 Å². The highest BCUT2D eigenvalue weighted by atomic mass is 19.4. The number of carbonyl (C=O) groups excluding carboxylic acids is 1. The summed E-state index contributed by atoms with van der Waals surface area (Å²) in [7, 11) is 0. The van der Waals surface area contributed by atoms with Gasteiger partial charge in [0.1, 0.15) is 0 Å². The highest BCUT2D eigenvalue weighted by Gasteiger charge is 2.30. The van der Waals surface area contributed by atoms with Crippen LogP contribution < -0.4 is 0 Å². The van der Waals surface area contributed by atoms with Crippen LogP contribution in [-0.4, -0.2) is 5.78 Å². The number of alkyl halides is 3. The van der Waals surface area contributed by atoms with E-state index < -0.39 is 11.7 Å². The number of hydrogen-bond donors (Lipinski definition) is 0. The molecule has 1 saturated carbocycles. The summed E-state index contributed by atoms with van der Waals surface area (Å²) in [6.07, 6.45) is 1.10. The van der Waals surface area contributed by atoms with E-state index in [0.717, 1.165) is 25.0 Å². The van der Waals surface area contributed by atoms with Gasteiger partial charge < -0.3 is 0 Å². The molecule has 2 rings (SSSR count). The van der Waals surface area contributed by atoms with Gasteiger partial charge in [0, 0.05) is 5.56 Å². The molecular formula is C13H11F3O. The number of benzene rings is 1. The second kappa shape index (κ2) is 4.35. The van der Waals surface area contributed by atoms with E-state index in [9.17, 15) is 18.0 Å². The summed E-state index contributed by atoms with van der Waals surface area (Å²) in [4.78, 5) is 11.6. The maximum atomic E-state index is 12.3. The van der Waals surface area contributed by atoms with E-state index in [1.165, 1.54) is 18.2 Å². The minimum Gasteiger partial charge on any atom is -0.289 e. The fraction of sp³-hybridized carbons (Fsp3) is 0.308. The number of carbonyl (C=O) groups is 1. The largest absolute Gasteiger partial charge is 0.416 e. The third-order valence-electron chi connectivity index (χ3n) is 2.64. The SMILES string of the molecule is O=C(C=CC1CC1)c1ccc(C(F)(F)F)cc1. The number of ketones is 1. The van der Waals surface area contributed by atoms with Gasteiger partial charge in [0.25, 0.3) is 0 Å². The molecule has 17 heavy (non-hydrogen) atoms. The van der Waals surface area contributed by atoms with Crippen molar-refractivity contribution >= 4 is 5.78 Å². The van der Waals surface area contributed by atoms with Crippen LogP contribution in [0.1, 0.15) is 28.8 Å². The van der Waals surface area contributed by atoms with Crippen LogP contribution in [0.2, 0.25) is 0 Å². The Morgan fingerprint density at radius 3 is 2.24 bits per heavy atom. The summed E-state index contributed by atoms with van der Waals surface area (Å²) >= 11 is 0. The van der Waals surface area contributed by atoms with Crippen molar-refractivity contribution in [1.82, 2.24) is 0 Å². The van der Waals surface area contributed by atoms with Gasteiger partial charge in [0.05, 0.1) is 5.56 Å². The highest BCUT2D eigenvalue weighted by Crippen LogP contribution is 2.31. The second-order valence-electron chi connectivity index (χ2n) is 4.14. The maximum absolute atomic E-state index is 12.3. The lowest BCUT2D eigenvalue weighted by atomic mass is 10.1. The van der Waals surface area contributed by atoms with Crippen LogP contribution in [0.5, 0.6) is 0 Å². The van der Waals surface area contributed by atoms with E-state index in [2.05, 4.69) is 0 Å². The molecule has 0 atom stereocenters. The van der Waals surface area contributed by atoms with Gasteiger partial charge in [-0.15, -0.1) is 0 Å². The quantitative estimate of drug-likeness (QED) is 0.579. The Bertz CT molecular complexity index is 439. The van der Waals surface area contributed by atoms with Crippen LogP contribution in [0.3, 0.4) is 0 Å². The van der Waals surface area contributed by atoms with Crippen LogP contribution in [-0.2, 0) is 6.18 Å². The first-order chi connectivity index (χ1) is 7.97. The first-order valence-corrected chi connectivity index (χ1v) is 5.36. The third-order valence-corrected chi connectivity index (χ3v) is 2.64. The maximum Gasteiger partial charge on any atom is 0.416 e. The van der Waals surface area contributed by atoms with Crippen molar-refractivity contribution in [1.29, 1.82) is 0 Å². The molecule has 0 amide bonds. The predicted octanol–water partition coefficient (Wildman–Crippen LogP) is 3.85. The van der Waals surface area contributed by atoms with Crippen molar-refractivity contribution in [2.24, 2.45) is 5.92 Å². The van der Waals surface area contributed by atoms with Gasteiger partial charge in [-0.3, -0.25) is 4.79 Å². The van der Waals surface area contributed by atoms with E-state index in [1.54, 1.807) is 0 Å². The third kappa shape index (κ3) is 3.19. The molecule has 0 heterocycles. The zero-order valence-corrected chi connectivity index (χ0v) is 9.00. The van der Waals surface area contributed by atoms with Crippen molar-refractivity contribution < 1.29 is 18.0 Å². The van der Waals surface area contributed by atoms with Crippen LogP contribution in [0.15, 0.2) is 36.4 Å². The Morgan fingerprint density at radius 2 is 1.76 bits per heavy atom. The fourth-order valence-corrected chi connectivity index (χ4v) is 1.43. The van der Waals surface area contributed by atoms with Crippen molar-refractivity contribution in [2.45, 2.75) is 19.0 Å². The molecule has 1 fully saturated rings. The van der Waals surface area contributed by atoms with Gasteiger partial charge in [-0.05, 0) is 37.0 Å². The van der Waals surface area contributed by atoms with Gasteiger partial charge in [-0.25, -0.2) is 0 Å².